The summed E-state index contributed by atoms with van der Waals surface area (Å²) < 4.78 is 0.0415. The Morgan fingerprint density at radius 3 is 1.42 bits per heavy atom. The lowest BCUT2D eigenvalue weighted by Gasteiger charge is -2.41. The van der Waals surface area contributed by atoms with Gasteiger partial charge in [-0.2, -0.15) is 0 Å². The molecule has 2 N–H and O–H groups in total. The number of carboxylic acid groups (broad SMARTS) is 3. The van der Waals surface area contributed by atoms with Crippen LogP contribution in [0.15, 0.2) is 12.3 Å². The molecular weight excluding hydrogens is 458 g/mol. The highest BCUT2D eigenvalue weighted by atomic mass is 16.4. The number of rotatable bonds is 24. The van der Waals surface area contributed by atoms with Crippen molar-refractivity contribution in [3.8, 4) is 0 Å². The first-order valence-electron chi connectivity index (χ1n) is 14.4. The molecule has 3 atom stereocenters. The van der Waals surface area contributed by atoms with Crippen LogP contribution < -0.4 is 5.11 Å². The Labute approximate surface area is 219 Å². The topological polar surface area (TPSA) is 115 Å². The second-order valence-electron chi connectivity index (χ2n) is 10.4. The van der Waals surface area contributed by atoms with Gasteiger partial charge in [0.15, 0.2) is 0 Å². The van der Waals surface area contributed by atoms with E-state index >= 15 is 0 Å². The number of quaternary nitrogens is 1. The van der Waals surface area contributed by atoms with Gasteiger partial charge in [-0.25, -0.2) is 0 Å². The van der Waals surface area contributed by atoms with E-state index in [0.717, 1.165) is 19.3 Å². The van der Waals surface area contributed by atoms with Crippen molar-refractivity contribution in [2.45, 2.75) is 118 Å². The summed E-state index contributed by atoms with van der Waals surface area (Å²) in [6.07, 6.45) is 18.3. The number of carbonyl (C=O) groups is 3. The van der Waals surface area contributed by atoms with Crippen LogP contribution in [-0.2, 0) is 14.4 Å². The summed E-state index contributed by atoms with van der Waals surface area (Å²) in [7, 11) is 0. The quantitative estimate of drug-likeness (QED) is 0.128. The lowest BCUT2D eigenvalue weighted by Crippen LogP contribution is -2.55. The SMILES string of the molecule is CCCCCCCCCCCC/C=C/[N+](CC(CC)C(=O)[O-])(CC(CC)C(=O)O)CC(CC)C(=O)O. The van der Waals surface area contributed by atoms with E-state index in [1.165, 1.54) is 51.4 Å². The van der Waals surface area contributed by atoms with Gasteiger partial charge in [-0.15, -0.1) is 0 Å². The number of carbonyl (C=O) groups excluding carboxylic acids is 1. The molecule has 0 saturated heterocycles. The Balaban J connectivity index is 5.37. The molecule has 0 amide bonds. The number of hydrogen-bond acceptors (Lipinski definition) is 4. The maximum Gasteiger partial charge on any atom is 0.312 e. The van der Waals surface area contributed by atoms with Crippen LogP contribution in [0, 0.1) is 17.8 Å². The van der Waals surface area contributed by atoms with E-state index in [0.29, 0.717) is 19.3 Å². The van der Waals surface area contributed by atoms with E-state index in [2.05, 4.69) is 6.92 Å². The van der Waals surface area contributed by atoms with Gasteiger partial charge in [0.25, 0.3) is 0 Å². The summed E-state index contributed by atoms with van der Waals surface area (Å²) >= 11 is 0. The first-order chi connectivity index (χ1) is 17.2. The van der Waals surface area contributed by atoms with E-state index < -0.39 is 35.7 Å². The summed E-state index contributed by atoms with van der Waals surface area (Å²) in [6, 6.07) is 0. The summed E-state index contributed by atoms with van der Waals surface area (Å²) in [4.78, 5) is 35.5. The molecule has 0 saturated carbocycles. The Morgan fingerprint density at radius 2 is 1.06 bits per heavy atom. The predicted molar refractivity (Wildman–Crippen MR) is 142 cm³/mol. The van der Waals surface area contributed by atoms with Gasteiger partial charge in [-0.1, -0.05) is 85.5 Å². The standard InChI is InChI=1S/C29H53NO6/c1-5-9-10-11-12-13-14-15-16-17-18-19-20-30(21-24(6-2)27(31)32,22-25(7-3)28(33)34)23-26(8-4)29(35)36/h19-20,24-26H,5-18,21-23H2,1-4H3,(H2-,31,32,33,34,35,36)/b20-19+. The smallest absolute Gasteiger partial charge is 0.312 e. The van der Waals surface area contributed by atoms with Crippen molar-refractivity contribution in [2.24, 2.45) is 17.8 Å². The number of unbranched alkanes of at least 4 members (excludes halogenated alkanes) is 10. The first kappa shape index (κ1) is 34.1. The number of nitrogens with zero attached hydrogens (tertiary/aromatic N) is 1. The molecule has 36 heavy (non-hydrogen) atoms. The third kappa shape index (κ3) is 14.6. The number of hydrogen-bond donors (Lipinski definition) is 2. The maximum absolute atomic E-state index is 11.9. The fourth-order valence-corrected chi connectivity index (χ4v) is 4.90. The van der Waals surface area contributed by atoms with Crippen LogP contribution in [-0.4, -0.2) is 52.2 Å². The zero-order valence-electron chi connectivity index (χ0n) is 23.4. The largest absolute Gasteiger partial charge is 0.550 e. The van der Waals surface area contributed by atoms with Gasteiger partial charge >= 0.3 is 11.9 Å². The van der Waals surface area contributed by atoms with Gasteiger partial charge in [-0.05, 0) is 38.2 Å². The maximum atomic E-state index is 11.9. The van der Waals surface area contributed by atoms with Crippen molar-refractivity contribution in [3.05, 3.63) is 12.3 Å². The molecule has 0 aliphatic carbocycles. The van der Waals surface area contributed by atoms with Crippen molar-refractivity contribution in [1.29, 1.82) is 0 Å². The zero-order valence-corrected chi connectivity index (χ0v) is 23.4. The summed E-state index contributed by atoms with van der Waals surface area (Å²) in [5.74, 6) is -5.18. The van der Waals surface area contributed by atoms with Gasteiger partial charge in [0.05, 0.1) is 31.8 Å². The molecular formula is C29H53NO6. The zero-order chi connectivity index (χ0) is 27.4. The Kier molecular flexibility index (Phi) is 19.1. The third-order valence-electron chi connectivity index (χ3n) is 7.41. The summed E-state index contributed by atoms with van der Waals surface area (Å²) in [5.41, 5.74) is 0. The molecule has 0 aromatic heterocycles. The van der Waals surface area contributed by atoms with Gasteiger partial charge in [0.1, 0.15) is 11.8 Å². The number of aliphatic carboxylic acids is 3. The monoisotopic (exact) mass is 511 g/mol. The molecule has 0 rings (SSSR count). The molecule has 7 heteroatoms. The lowest BCUT2D eigenvalue weighted by molar-refractivity contribution is -0.887. The molecule has 0 aliphatic heterocycles. The molecule has 0 aromatic carbocycles. The van der Waals surface area contributed by atoms with Crippen LogP contribution in [0.25, 0.3) is 0 Å². The first-order valence-corrected chi connectivity index (χ1v) is 14.4. The third-order valence-corrected chi connectivity index (χ3v) is 7.41. The lowest BCUT2D eigenvalue weighted by atomic mass is 9.96. The highest BCUT2D eigenvalue weighted by molar-refractivity contribution is 5.71. The minimum atomic E-state index is -1.17. The normalized spacial score (nSPS) is 15.9. The Hall–Kier alpha value is -1.89. The second kappa shape index (κ2) is 20.2. The van der Waals surface area contributed by atoms with Crippen molar-refractivity contribution < 1.29 is 34.2 Å². The molecule has 3 unspecified atom stereocenters. The highest BCUT2D eigenvalue weighted by Crippen LogP contribution is 2.25. The van der Waals surface area contributed by atoms with Crippen LogP contribution in [0.3, 0.4) is 0 Å². The van der Waals surface area contributed by atoms with Crippen molar-refractivity contribution in [1.82, 2.24) is 0 Å². The minimum Gasteiger partial charge on any atom is -0.550 e. The molecule has 210 valence electrons. The molecule has 0 bridgehead atoms. The molecule has 0 aromatic rings. The average Bonchev–Trinajstić information content (AvgIpc) is 2.84. The molecule has 0 aliphatic rings. The van der Waals surface area contributed by atoms with Gasteiger partial charge < -0.3 is 20.1 Å². The van der Waals surface area contributed by atoms with E-state index in [4.69, 9.17) is 0 Å². The van der Waals surface area contributed by atoms with Gasteiger partial charge in [0, 0.05) is 5.92 Å². The number of allylic oxidation sites excluding steroid dienone is 1. The fourth-order valence-electron chi connectivity index (χ4n) is 4.90. The minimum absolute atomic E-state index is 0.0415. The molecule has 7 nitrogen and oxygen atoms in total. The second-order valence-corrected chi connectivity index (χ2v) is 10.4. The van der Waals surface area contributed by atoms with Crippen LogP contribution in [0.1, 0.15) is 118 Å². The molecule has 0 radical (unpaired) electrons. The van der Waals surface area contributed by atoms with Crippen molar-refractivity contribution in [3.63, 3.8) is 0 Å². The van der Waals surface area contributed by atoms with Gasteiger partial charge in [-0.3, -0.25) is 14.1 Å². The number of carboxylic acids is 3. The van der Waals surface area contributed by atoms with Crippen LogP contribution in [0.5, 0.6) is 0 Å². The highest BCUT2D eigenvalue weighted by Gasteiger charge is 2.38. The van der Waals surface area contributed by atoms with Crippen LogP contribution in [0.2, 0.25) is 0 Å². The van der Waals surface area contributed by atoms with E-state index in [-0.39, 0.29) is 24.1 Å². The van der Waals surface area contributed by atoms with Gasteiger partial charge in [0.2, 0.25) is 0 Å². The molecule has 0 fully saturated rings. The molecule has 0 heterocycles. The predicted octanol–water partition coefficient (Wildman–Crippen LogP) is 5.63. The molecule has 0 spiro atoms. The van der Waals surface area contributed by atoms with Crippen molar-refractivity contribution in [2.75, 3.05) is 19.6 Å². The summed E-state index contributed by atoms with van der Waals surface area (Å²) in [5, 5.41) is 31.2. The summed E-state index contributed by atoms with van der Waals surface area (Å²) in [6.45, 7) is 8.08. The Morgan fingerprint density at radius 1 is 0.667 bits per heavy atom. The van der Waals surface area contributed by atoms with Crippen LogP contribution >= 0.6 is 0 Å². The van der Waals surface area contributed by atoms with Crippen molar-refractivity contribution >= 4 is 17.9 Å². The average molecular weight is 512 g/mol. The fraction of sp³-hybridized carbons (Fsp3) is 0.828. The van der Waals surface area contributed by atoms with E-state index in [1.54, 1.807) is 20.8 Å². The Bertz CT molecular complexity index is 588. The van der Waals surface area contributed by atoms with E-state index in [9.17, 15) is 29.7 Å². The van der Waals surface area contributed by atoms with E-state index in [1.807, 2.05) is 12.3 Å². The van der Waals surface area contributed by atoms with Crippen LogP contribution in [0.4, 0.5) is 0 Å².